The Kier molecular flexibility index (Phi) is 12.7. The molecule has 6 heterocycles. The van der Waals surface area contributed by atoms with Crippen molar-refractivity contribution in [1.29, 1.82) is 0 Å². The Labute approximate surface area is 583 Å². The maximum atomic E-state index is 7.40. The van der Waals surface area contributed by atoms with Gasteiger partial charge in [0.25, 0.3) is 13.4 Å². The molecule has 20 rings (SSSR count). The van der Waals surface area contributed by atoms with E-state index in [2.05, 4.69) is 364 Å². The Balaban J connectivity index is 0.953. The molecule has 14 aromatic carbocycles. The van der Waals surface area contributed by atoms with Crippen molar-refractivity contribution in [2.45, 2.75) is 52.4 Å². The second-order valence-electron chi connectivity index (χ2n) is 29.5. The maximum absolute atomic E-state index is 7.40. The summed E-state index contributed by atoms with van der Waals surface area (Å²) in [4.78, 5) is 10.3. The van der Waals surface area contributed by atoms with Gasteiger partial charge in [-0.15, -0.1) is 0 Å². The van der Waals surface area contributed by atoms with Crippen LogP contribution in [0.2, 0.25) is 0 Å². The number of rotatable bonds is 7. The molecule has 0 saturated carbocycles. The monoisotopic (exact) mass is 1280 g/mol. The highest BCUT2D eigenvalue weighted by Gasteiger charge is 2.50. The molecule has 0 saturated heterocycles. The summed E-state index contributed by atoms with van der Waals surface area (Å²) in [5, 5.41) is 4.33. The zero-order valence-corrected chi connectivity index (χ0v) is 56.6. The fourth-order valence-electron chi connectivity index (χ4n) is 17.1. The first kappa shape index (κ1) is 58.2. The second kappa shape index (κ2) is 21.8. The summed E-state index contributed by atoms with van der Waals surface area (Å²) >= 11 is 0. The summed E-state index contributed by atoms with van der Waals surface area (Å²) < 4.78 is 14.6. The lowest BCUT2D eigenvalue weighted by molar-refractivity contribution is 0.590. The quantitative estimate of drug-likeness (QED) is 0.148. The molecule has 0 spiro atoms. The molecule has 16 aromatic rings. The van der Waals surface area contributed by atoms with Gasteiger partial charge < -0.3 is 28.4 Å². The molecule has 6 nitrogen and oxygen atoms in total. The van der Waals surface area contributed by atoms with Crippen molar-refractivity contribution in [1.82, 2.24) is 0 Å². The van der Waals surface area contributed by atoms with Gasteiger partial charge in [-0.2, -0.15) is 0 Å². The minimum atomic E-state index is -0.259. The van der Waals surface area contributed by atoms with Crippen LogP contribution in [0.4, 0.5) is 68.2 Å². The fourth-order valence-corrected chi connectivity index (χ4v) is 17.1. The third-order valence-corrected chi connectivity index (χ3v) is 21.7. The van der Waals surface area contributed by atoms with Crippen molar-refractivity contribution in [2.75, 3.05) is 19.6 Å². The minimum Gasteiger partial charge on any atom is -0.456 e. The van der Waals surface area contributed by atoms with Crippen LogP contribution in [-0.2, 0) is 10.8 Å². The Hall–Kier alpha value is -12.0. The van der Waals surface area contributed by atoms with Gasteiger partial charge in [0, 0.05) is 79.5 Å². The first-order valence-corrected chi connectivity index (χ1v) is 35.0. The molecule has 0 fully saturated rings. The normalized spacial score (nSPS) is 13.6. The molecule has 0 unspecified atom stereocenters. The number of para-hydroxylation sites is 7. The topological polar surface area (TPSA) is 39.2 Å². The molecule has 2 aromatic heterocycles. The smallest absolute Gasteiger partial charge is 0.252 e. The highest BCUT2D eigenvalue weighted by atomic mass is 16.3. The average Bonchev–Trinajstić information content (AvgIpc) is 1.07. The van der Waals surface area contributed by atoms with Crippen molar-refractivity contribution in [3.8, 4) is 33.4 Å². The van der Waals surface area contributed by atoms with Crippen LogP contribution >= 0.6 is 0 Å². The lowest BCUT2D eigenvalue weighted by Crippen LogP contribution is -2.65. The summed E-state index contributed by atoms with van der Waals surface area (Å²) in [6.07, 6.45) is 0. The number of hydrogen-bond acceptors (Lipinski definition) is 6. The van der Waals surface area contributed by atoms with Crippen LogP contribution in [0.15, 0.2) is 312 Å². The molecule has 100 heavy (non-hydrogen) atoms. The fraction of sp³-hybridized carbons (Fsp3) is 0.0870. The molecule has 4 aliphatic heterocycles. The van der Waals surface area contributed by atoms with Gasteiger partial charge in [0.15, 0.2) is 0 Å². The highest BCUT2D eigenvalue weighted by Crippen LogP contribution is 2.55. The van der Waals surface area contributed by atoms with Gasteiger partial charge in [0.05, 0.1) is 33.5 Å². The van der Waals surface area contributed by atoms with Gasteiger partial charge in [-0.05, 0) is 150 Å². The van der Waals surface area contributed by atoms with Crippen molar-refractivity contribution in [2.24, 2.45) is 0 Å². The Bertz CT molecular complexity index is 6030. The highest BCUT2D eigenvalue weighted by molar-refractivity contribution is 7.03. The second-order valence-corrected chi connectivity index (χ2v) is 29.5. The molecule has 0 radical (unpaired) electrons. The SMILES string of the molecule is CC(C)(C)c1ccc(-c2ccccc2N2c3cc4c(cc3B3c5ccccc5N(c5ccccc5)c5c3c2cc2oc3ccccc3c52)B2c3ccccc3N(c3ccccc3)c3c2c(cc2oc5ccc(-c6ccccc6)cc5c32)N4c2ccccc2-c2ccc(C(C)(C)C)cc2)cc1. The molecule has 0 N–H and O–H groups in total. The summed E-state index contributed by atoms with van der Waals surface area (Å²) in [5.41, 5.74) is 33.1. The van der Waals surface area contributed by atoms with Crippen LogP contribution in [0, 0.1) is 0 Å². The molecule has 4 aliphatic rings. The minimum absolute atomic E-state index is 0.0273. The number of fused-ring (bicyclic) bond motifs is 16. The lowest BCUT2D eigenvalue weighted by atomic mass is 9.30. The maximum Gasteiger partial charge on any atom is 0.252 e. The van der Waals surface area contributed by atoms with E-state index in [4.69, 9.17) is 8.83 Å². The van der Waals surface area contributed by atoms with E-state index in [1.165, 1.54) is 43.9 Å². The van der Waals surface area contributed by atoms with Crippen LogP contribution in [0.1, 0.15) is 52.7 Å². The zero-order chi connectivity index (χ0) is 66.9. The van der Waals surface area contributed by atoms with Crippen LogP contribution < -0.4 is 52.4 Å². The summed E-state index contributed by atoms with van der Waals surface area (Å²) in [6.45, 7) is 13.3. The number of furan rings is 2. The predicted octanol–water partition coefficient (Wildman–Crippen LogP) is 21.2. The van der Waals surface area contributed by atoms with E-state index < -0.39 is 0 Å². The lowest BCUT2D eigenvalue weighted by Gasteiger charge is -2.47. The van der Waals surface area contributed by atoms with E-state index in [1.54, 1.807) is 0 Å². The Morgan fingerprint density at radius 2 is 0.660 bits per heavy atom. The van der Waals surface area contributed by atoms with Gasteiger partial charge in [-0.3, -0.25) is 0 Å². The zero-order valence-electron chi connectivity index (χ0n) is 56.6. The average molecular weight is 1280 g/mol. The van der Waals surface area contributed by atoms with Crippen LogP contribution in [-0.4, -0.2) is 13.4 Å². The first-order valence-electron chi connectivity index (χ1n) is 35.0. The number of nitrogens with zero attached hydrogens (tertiary/aromatic N) is 4. The Morgan fingerprint density at radius 3 is 1.15 bits per heavy atom. The van der Waals surface area contributed by atoms with E-state index in [1.807, 2.05) is 0 Å². The molecule has 0 amide bonds. The van der Waals surface area contributed by atoms with E-state index in [9.17, 15) is 0 Å². The van der Waals surface area contributed by atoms with E-state index >= 15 is 0 Å². The summed E-state index contributed by atoms with van der Waals surface area (Å²) in [7, 11) is 0. The van der Waals surface area contributed by atoms with Gasteiger partial charge in [0.2, 0.25) is 0 Å². The third kappa shape index (κ3) is 8.65. The molecular formula is C92H68B2N4O2. The molecule has 474 valence electrons. The van der Waals surface area contributed by atoms with E-state index in [-0.39, 0.29) is 24.3 Å². The van der Waals surface area contributed by atoms with Crippen molar-refractivity contribution < 1.29 is 8.83 Å². The summed E-state index contributed by atoms with van der Waals surface area (Å²) in [6, 6.07) is 113. The van der Waals surface area contributed by atoms with Crippen molar-refractivity contribution in [3.05, 3.63) is 314 Å². The van der Waals surface area contributed by atoms with Crippen LogP contribution in [0.3, 0.4) is 0 Å². The number of hydrogen-bond donors (Lipinski definition) is 0. The Morgan fingerprint density at radius 1 is 0.260 bits per heavy atom. The standard InChI is InChI=1S/C92H68B2N4O2/c1-91(2,3)61-47-42-58(43-48-61)65-32-16-21-37-73(65)97-77-54-78-72(53-71(77)93-69-35-19-23-39-75(69)95(63-28-12-8-13-29-63)89-85-67-34-18-25-41-81(67)99-83(85)55-79(97)87(89)93)94-70-36-20-24-40-76(70)96(64-30-14-9-15-31-64)90-86-68-52-60(57-26-10-7-11-27-57)46-51-82(68)100-84(86)56-80(88(90)94)98(78)74-38-22-17-33-66(74)59-44-49-62(50-45-59)92(4,5)6/h7-56H,1-6H3. The van der Waals surface area contributed by atoms with Gasteiger partial charge in [-0.25, -0.2) is 0 Å². The first-order chi connectivity index (χ1) is 48.9. The molecule has 8 heteroatoms. The molecule has 0 atom stereocenters. The summed E-state index contributed by atoms with van der Waals surface area (Å²) in [5.74, 6) is 0. The van der Waals surface area contributed by atoms with E-state index in [0.29, 0.717) is 0 Å². The van der Waals surface area contributed by atoms with E-state index in [0.717, 1.165) is 146 Å². The number of benzene rings is 14. The number of anilines is 12. The largest absolute Gasteiger partial charge is 0.456 e. The van der Waals surface area contributed by atoms with Gasteiger partial charge >= 0.3 is 0 Å². The van der Waals surface area contributed by atoms with Crippen molar-refractivity contribution >= 4 is 158 Å². The van der Waals surface area contributed by atoms with Crippen LogP contribution in [0.25, 0.3) is 77.3 Å². The third-order valence-electron chi connectivity index (χ3n) is 21.7. The van der Waals surface area contributed by atoms with Crippen molar-refractivity contribution in [3.63, 3.8) is 0 Å². The predicted molar refractivity (Wildman–Crippen MR) is 423 cm³/mol. The van der Waals surface area contributed by atoms with Gasteiger partial charge in [0.1, 0.15) is 22.3 Å². The van der Waals surface area contributed by atoms with Crippen LogP contribution in [0.5, 0.6) is 0 Å². The van der Waals surface area contributed by atoms with Gasteiger partial charge in [-0.1, -0.05) is 260 Å². The molecular weight excluding hydrogens is 1210 g/mol. The molecule has 0 bridgehead atoms. The molecule has 0 aliphatic carbocycles.